The Hall–Kier alpha value is -2.56. The van der Waals surface area contributed by atoms with Crippen LogP contribution in [0.15, 0.2) is 30.3 Å². The molecular weight excluding hydrogens is 338 g/mol. The van der Waals surface area contributed by atoms with E-state index in [9.17, 15) is 9.59 Å². The molecule has 2 aliphatic rings. The van der Waals surface area contributed by atoms with Gasteiger partial charge in [0.15, 0.2) is 0 Å². The van der Waals surface area contributed by atoms with Crippen LogP contribution in [0.3, 0.4) is 0 Å². The maximum absolute atomic E-state index is 12.4. The molecule has 27 heavy (non-hydrogen) atoms. The SMILES string of the molecule is C[C@H]1NC(=O)N[C@H]1CCCCCC(=O)Nc1ccc2c3c(cccc13)CC2. The molecule has 2 atom stereocenters. The Morgan fingerprint density at radius 2 is 1.89 bits per heavy atom. The fourth-order valence-corrected chi connectivity index (χ4v) is 4.36. The van der Waals surface area contributed by atoms with Gasteiger partial charge in [0.25, 0.3) is 0 Å². The molecule has 1 aliphatic carbocycles. The van der Waals surface area contributed by atoms with E-state index in [4.69, 9.17) is 0 Å². The number of aryl methyl sites for hydroxylation is 2. The molecule has 3 amide bonds. The number of hydrogen-bond acceptors (Lipinski definition) is 2. The highest BCUT2D eigenvalue weighted by atomic mass is 16.2. The molecule has 5 nitrogen and oxygen atoms in total. The lowest BCUT2D eigenvalue weighted by Gasteiger charge is -2.13. The van der Waals surface area contributed by atoms with Gasteiger partial charge in [0.2, 0.25) is 5.91 Å². The summed E-state index contributed by atoms with van der Waals surface area (Å²) in [7, 11) is 0. The summed E-state index contributed by atoms with van der Waals surface area (Å²) in [4.78, 5) is 23.7. The largest absolute Gasteiger partial charge is 0.334 e. The van der Waals surface area contributed by atoms with Gasteiger partial charge in [-0.05, 0) is 55.2 Å². The van der Waals surface area contributed by atoms with Gasteiger partial charge in [0, 0.05) is 23.5 Å². The van der Waals surface area contributed by atoms with Gasteiger partial charge in [0.05, 0.1) is 6.04 Å². The number of nitrogens with one attached hydrogen (secondary N) is 3. The minimum atomic E-state index is -0.0720. The van der Waals surface area contributed by atoms with Crippen LogP contribution in [0.25, 0.3) is 10.8 Å². The lowest BCUT2D eigenvalue weighted by atomic mass is 10.0. The summed E-state index contributed by atoms with van der Waals surface area (Å²) < 4.78 is 0. The molecule has 0 spiro atoms. The molecular formula is C22H27N3O2. The summed E-state index contributed by atoms with van der Waals surface area (Å²) in [5, 5.41) is 11.4. The maximum atomic E-state index is 12.4. The monoisotopic (exact) mass is 365 g/mol. The first-order valence-corrected chi connectivity index (χ1v) is 10.0. The van der Waals surface area contributed by atoms with Crippen molar-refractivity contribution in [2.45, 2.75) is 64.0 Å². The van der Waals surface area contributed by atoms with E-state index in [1.54, 1.807) is 0 Å². The summed E-state index contributed by atoms with van der Waals surface area (Å²) >= 11 is 0. The quantitative estimate of drug-likeness (QED) is 0.651. The number of carbonyl (C=O) groups excluding carboxylic acids is 2. The highest BCUT2D eigenvalue weighted by Crippen LogP contribution is 2.35. The number of carbonyl (C=O) groups is 2. The summed E-state index contributed by atoms with van der Waals surface area (Å²) in [6.07, 6.45) is 6.57. The highest BCUT2D eigenvalue weighted by molar-refractivity contribution is 6.05. The Balaban J connectivity index is 1.26. The number of urea groups is 1. The van der Waals surface area contributed by atoms with Gasteiger partial charge in [0.1, 0.15) is 0 Å². The Morgan fingerprint density at radius 1 is 1.07 bits per heavy atom. The first kappa shape index (κ1) is 17.8. The molecule has 0 radical (unpaired) electrons. The van der Waals surface area contributed by atoms with Crippen molar-refractivity contribution in [3.05, 3.63) is 41.5 Å². The molecule has 3 N–H and O–H groups in total. The van der Waals surface area contributed by atoms with Crippen LogP contribution in [0, 0.1) is 0 Å². The average Bonchev–Trinajstić information content (AvgIpc) is 3.21. The van der Waals surface area contributed by atoms with Crippen molar-refractivity contribution in [3.63, 3.8) is 0 Å². The van der Waals surface area contributed by atoms with Crippen LogP contribution >= 0.6 is 0 Å². The summed E-state index contributed by atoms with van der Waals surface area (Å²) in [6, 6.07) is 10.9. The molecule has 2 aromatic rings. The van der Waals surface area contributed by atoms with Crippen LogP contribution in [0.1, 0.15) is 50.2 Å². The Morgan fingerprint density at radius 3 is 2.67 bits per heavy atom. The van der Waals surface area contributed by atoms with Crippen LogP contribution in [0.4, 0.5) is 10.5 Å². The Labute approximate surface area is 159 Å². The third-order valence-electron chi connectivity index (χ3n) is 5.85. The molecule has 1 saturated heterocycles. The molecule has 0 saturated carbocycles. The third kappa shape index (κ3) is 3.77. The minimum absolute atomic E-state index is 0.0720. The van der Waals surface area contributed by atoms with Gasteiger partial charge in [-0.1, -0.05) is 37.1 Å². The zero-order valence-electron chi connectivity index (χ0n) is 15.8. The molecule has 5 heteroatoms. The molecule has 4 rings (SSSR count). The van der Waals surface area contributed by atoms with E-state index in [1.807, 2.05) is 13.0 Å². The van der Waals surface area contributed by atoms with Crippen LogP contribution < -0.4 is 16.0 Å². The van der Waals surface area contributed by atoms with Gasteiger partial charge >= 0.3 is 6.03 Å². The van der Waals surface area contributed by atoms with Crippen molar-refractivity contribution in [2.75, 3.05) is 5.32 Å². The molecule has 0 bridgehead atoms. The predicted octanol–water partition coefficient (Wildman–Crippen LogP) is 3.90. The van der Waals surface area contributed by atoms with Crippen molar-refractivity contribution < 1.29 is 9.59 Å². The van der Waals surface area contributed by atoms with Crippen molar-refractivity contribution in [2.24, 2.45) is 0 Å². The number of amides is 3. The molecule has 0 unspecified atom stereocenters. The molecule has 1 heterocycles. The predicted molar refractivity (Wildman–Crippen MR) is 108 cm³/mol. The number of hydrogen-bond donors (Lipinski definition) is 3. The van der Waals surface area contributed by atoms with E-state index in [1.165, 1.54) is 16.5 Å². The second-order valence-electron chi connectivity index (χ2n) is 7.77. The topological polar surface area (TPSA) is 70.2 Å². The van der Waals surface area contributed by atoms with Crippen molar-refractivity contribution >= 4 is 28.4 Å². The van der Waals surface area contributed by atoms with E-state index < -0.39 is 0 Å². The van der Waals surface area contributed by atoms with E-state index in [2.05, 4.69) is 40.2 Å². The third-order valence-corrected chi connectivity index (χ3v) is 5.85. The van der Waals surface area contributed by atoms with Crippen molar-refractivity contribution in [1.29, 1.82) is 0 Å². The van der Waals surface area contributed by atoms with Crippen LogP contribution in [0.2, 0.25) is 0 Å². The second-order valence-corrected chi connectivity index (χ2v) is 7.77. The lowest BCUT2D eigenvalue weighted by molar-refractivity contribution is -0.116. The second kappa shape index (κ2) is 7.59. The lowest BCUT2D eigenvalue weighted by Crippen LogP contribution is -2.30. The highest BCUT2D eigenvalue weighted by Gasteiger charge is 2.26. The molecule has 1 aliphatic heterocycles. The van der Waals surface area contributed by atoms with Gasteiger partial charge in [-0.15, -0.1) is 0 Å². The fourth-order valence-electron chi connectivity index (χ4n) is 4.36. The summed E-state index contributed by atoms with van der Waals surface area (Å²) in [6.45, 7) is 2.02. The molecule has 2 aromatic carbocycles. The summed E-state index contributed by atoms with van der Waals surface area (Å²) in [5.74, 6) is 0.0814. The van der Waals surface area contributed by atoms with Gasteiger partial charge < -0.3 is 16.0 Å². The van der Waals surface area contributed by atoms with Crippen molar-refractivity contribution in [3.8, 4) is 0 Å². The zero-order chi connectivity index (χ0) is 18.8. The van der Waals surface area contributed by atoms with Crippen LogP contribution in [0.5, 0.6) is 0 Å². The molecule has 1 fully saturated rings. The van der Waals surface area contributed by atoms with Gasteiger partial charge in [-0.25, -0.2) is 4.79 Å². The number of benzene rings is 2. The maximum Gasteiger partial charge on any atom is 0.315 e. The van der Waals surface area contributed by atoms with E-state index >= 15 is 0 Å². The number of unbranched alkanes of at least 4 members (excludes halogenated alkanes) is 2. The van der Waals surface area contributed by atoms with E-state index in [-0.39, 0.29) is 24.0 Å². The number of anilines is 1. The van der Waals surface area contributed by atoms with Crippen LogP contribution in [-0.2, 0) is 17.6 Å². The normalized spacial score (nSPS) is 20.6. The first-order chi connectivity index (χ1) is 13.1. The first-order valence-electron chi connectivity index (χ1n) is 10.0. The number of rotatable bonds is 7. The molecule has 0 aromatic heterocycles. The Kier molecular flexibility index (Phi) is 5.01. The Bertz CT molecular complexity index is 867. The van der Waals surface area contributed by atoms with E-state index in [0.29, 0.717) is 6.42 Å². The van der Waals surface area contributed by atoms with Crippen molar-refractivity contribution in [1.82, 2.24) is 10.6 Å². The zero-order valence-corrected chi connectivity index (χ0v) is 15.8. The minimum Gasteiger partial charge on any atom is -0.334 e. The smallest absolute Gasteiger partial charge is 0.315 e. The average molecular weight is 365 g/mol. The molecule has 142 valence electrons. The summed E-state index contributed by atoms with van der Waals surface area (Å²) in [5.41, 5.74) is 3.71. The van der Waals surface area contributed by atoms with E-state index in [0.717, 1.165) is 49.6 Å². The standard InChI is InChI=1S/C22H27N3O2/c1-14-18(25-22(27)23-14)8-3-2-4-9-20(26)24-19-13-12-16-11-10-15-6-5-7-17(19)21(15)16/h5-7,12-14,18H,2-4,8-11H2,1H3,(H,24,26)(H2,23,25,27)/t14-,18+/m1/s1. The fraction of sp³-hybridized carbons (Fsp3) is 0.455. The van der Waals surface area contributed by atoms with Gasteiger partial charge in [-0.3, -0.25) is 4.79 Å². The van der Waals surface area contributed by atoms with Gasteiger partial charge in [-0.2, -0.15) is 0 Å². The van der Waals surface area contributed by atoms with Crippen LogP contribution in [-0.4, -0.2) is 24.0 Å².